The quantitative estimate of drug-likeness (QED) is 0.754. The van der Waals surface area contributed by atoms with Gasteiger partial charge in [0.05, 0.1) is 5.41 Å². The highest BCUT2D eigenvalue weighted by Gasteiger charge is 2.51. The Morgan fingerprint density at radius 1 is 1.32 bits per heavy atom. The molecule has 19 heavy (non-hydrogen) atoms. The van der Waals surface area contributed by atoms with E-state index in [0.717, 1.165) is 37.9 Å². The van der Waals surface area contributed by atoms with Gasteiger partial charge < -0.3 is 10.6 Å². The second kappa shape index (κ2) is 6.40. The first-order valence-corrected chi connectivity index (χ1v) is 7.32. The third kappa shape index (κ3) is 3.48. The summed E-state index contributed by atoms with van der Waals surface area (Å²) in [5, 5.41) is 6.99. The number of halogens is 1. The van der Waals surface area contributed by atoms with Crippen molar-refractivity contribution in [2.24, 2.45) is 0 Å². The predicted octanol–water partition coefficient (Wildman–Crippen LogP) is 2.49. The smallest absolute Gasteiger partial charge is 0.230 e. The maximum Gasteiger partial charge on any atom is 0.230 e. The average Bonchev–Trinajstić information content (AvgIpc) is 3.20. The molecule has 1 fully saturated rings. The summed E-state index contributed by atoms with van der Waals surface area (Å²) in [6.45, 7) is 4.63. The summed E-state index contributed by atoms with van der Waals surface area (Å²) >= 11 is 6.00. The van der Waals surface area contributed by atoms with E-state index in [1.807, 2.05) is 24.3 Å². The summed E-state index contributed by atoms with van der Waals surface area (Å²) in [5.41, 5.74) is 0.717. The van der Waals surface area contributed by atoms with Gasteiger partial charge in [0, 0.05) is 18.1 Å². The molecule has 104 valence electrons. The van der Waals surface area contributed by atoms with Crippen LogP contribution in [-0.4, -0.2) is 25.5 Å². The molecule has 2 N–H and O–H groups in total. The Hall–Kier alpha value is -1.06. The monoisotopic (exact) mass is 280 g/mol. The highest BCUT2D eigenvalue weighted by molar-refractivity contribution is 6.30. The first kappa shape index (κ1) is 14.4. The molecule has 1 aromatic rings. The maximum atomic E-state index is 12.3. The zero-order valence-electron chi connectivity index (χ0n) is 11.3. The van der Waals surface area contributed by atoms with Crippen LogP contribution in [0.1, 0.15) is 31.7 Å². The fraction of sp³-hybridized carbons (Fsp3) is 0.533. The SMILES string of the molecule is CCCNCCNC(=O)C1(c2cccc(Cl)c2)CC1. The molecule has 1 aliphatic carbocycles. The molecule has 1 saturated carbocycles. The molecule has 0 saturated heterocycles. The molecule has 1 amide bonds. The molecule has 0 heterocycles. The van der Waals surface area contributed by atoms with E-state index in [9.17, 15) is 4.79 Å². The molecule has 3 nitrogen and oxygen atoms in total. The lowest BCUT2D eigenvalue weighted by atomic mass is 9.95. The minimum atomic E-state index is -0.324. The van der Waals surface area contributed by atoms with Crippen LogP contribution in [0.2, 0.25) is 5.02 Å². The molecule has 0 atom stereocenters. The molecular weight excluding hydrogens is 260 g/mol. The van der Waals surface area contributed by atoms with E-state index in [1.165, 1.54) is 0 Å². The van der Waals surface area contributed by atoms with Crippen LogP contribution >= 0.6 is 11.6 Å². The second-order valence-corrected chi connectivity index (χ2v) is 5.53. The molecule has 1 aliphatic rings. The van der Waals surface area contributed by atoms with Gasteiger partial charge in [0.2, 0.25) is 5.91 Å². The van der Waals surface area contributed by atoms with Gasteiger partial charge in [-0.05, 0) is 43.5 Å². The van der Waals surface area contributed by atoms with E-state index in [-0.39, 0.29) is 11.3 Å². The van der Waals surface area contributed by atoms with Crippen molar-refractivity contribution in [1.82, 2.24) is 10.6 Å². The minimum Gasteiger partial charge on any atom is -0.354 e. The number of carbonyl (C=O) groups excluding carboxylic acids is 1. The van der Waals surface area contributed by atoms with E-state index in [4.69, 9.17) is 11.6 Å². The standard InChI is InChI=1S/C15H21ClN2O/c1-2-8-17-9-10-18-14(19)15(6-7-15)12-4-3-5-13(16)11-12/h3-5,11,17H,2,6-10H2,1H3,(H,18,19). The topological polar surface area (TPSA) is 41.1 Å². The van der Waals surface area contributed by atoms with Gasteiger partial charge in [-0.2, -0.15) is 0 Å². The van der Waals surface area contributed by atoms with Crippen LogP contribution in [0.5, 0.6) is 0 Å². The average molecular weight is 281 g/mol. The van der Waals surface area contributed by atoms with Crippen LogP contribution < -0.4 is 10.6 Å². The number of hydrogen-bond acceptors (Lipinski definition) is 2. The number of hydrogen-bond donors (Lipinski definition) is 2. The van der Waals surface area contributed by atoms with Gasteiger partial charge in [-0.15, -0.1) is 0 Å². The van der Waals surface area contributed by atoms with Crippen molar-refractivity contribution in [3.8, 4) is 0 Å². The molecule has 4 heteroatoms. The lowest BCUT2D eigenvalue weighted by Gasteiger charge is -2.16. The van der Waals surface area contributed by atoms with Crippen LogP contribution in [0.15, 0.2) is 24.3 Å². The molecule has 1 aromatic carbocycles. The number of rotatable bonds is 7. The normalized spacial score (nSPS) is 16.1. The van der Waals surface area contributed by atoms with Crippen LogP contribution in [0.3, 0.4) is 0 Å². The molecule has 0 aromatic heterocycles. The lowest BCUT2D eigenvalue weighted by molar-refractivity contribution is -0.123. The molecule has 2 rings (SSSR count). The second-order valence-electron chi connectivity index (χ2n) is 5.10. The first-order chi connectivity index (χ1) is 9.19. The molecule has 0 spiro atoms. The van der Waals surface area contributed by atoms with Crippen molar-refractivity contribution < 1.29 is 4.79 Å². The Balaban J connectivity index is 1.88. The van der Waals surface area contributed by atoms with Crippen molar-refractivity contribution in [3.63, 3.8) is 0 Å². The summed E-state index contributed by atoms with van der Waals surface area (Å²) < 4.78 is 0. The van der Waals surface area contributed by atoms with Gasteiger partial charge in [-0.1, -0.05) is 30.7 Å². The van der Waals surface area contributed by atoms with Crippen molar-refractivity contribution >= 4 is 17.5 Å². The van der Waals surface area contributed by atoms with Crippen LogP contribution in [0.4, 0.5) is 0 Å². The third-order valence-corrected chi connectivity index (χ3v) is 3.81. The van der Waals surface area contributed by atoms with Gasteiger partial charge in [0.1, 0.15) is 0 Å². The van der Waals surface area contributed by atoms with Gasteiger partial charge in [0.25, 0.3) is 0 Å². The summed E-state index contributed by atoms with van der Waals surface area (Å²) in [6, 6.07) is 7.65. The Morgan fingerprint density at radius 2 is 2.11 bits per heavy atom. The van der Waals surface area contributed by atoms with Gasteiger partial charge in [0.15, 0.2) is 0 Å². The van der Waals surface area contributed by atoms with Gasteiger partial charge in [-0.3, -0.25) is 4.79 Å². The summed E-state index contributed by atoms with van der Waals surface area (Å²) in [5.74, 6) is 0.132. The van der Waals surface area contributed by atoms with E-state index < -0.39 is 0 Å². The Kier molecular flexibility index (Phi) is 4.83. The maximum absolute atomic E-state index is 12.3. The molecule has 0 unspecified atom stereocenters. The summed E-state index contributed by atoms with van der Waals surface area (Å²) in [7, 11) is 0. The lowest BCUT2D eigenvalue weighted by Crippen LogP contribution is -2.38. The number of nitrogens with one attached hydrogen (secondary N) is 2. The van der Waals surface area contributed by atoms with Gasteiger partial charge in [-0.25, -0.2) is 0 Å². The van der Waals surface area contributed by atoms with Crippen LogP contribution in [0, 0.1) is 0 Å². The van der Waals surface area contributed by atoms with E-state index >= 15 is 0 Å². The number of amides is 1. The van der Waals surface area contributed by atoms with Crippen LogP contribution in [0.25, 0.3) is 0 Å². The van der Waals surface area contributed by atoms with E-state index in [1.54, 1.807) is 0 Å². The zero-order valence-corrected chi connectivity index (χ0v) is 12.1. The largest absolute Gasteiger partial charge is 0.354 e. The fourth-order valence-electron chi connectivity index (χ4n) is 2.29. The van der Waals surface area contributed by atoms with Crippen molar-refractivity contribution in [2.75, 3.05) is 19.6 Å². The summed E-state index contributed by atoms with van der Waals surface area (Å²) in [6.07, 6.45) is 2.95. The number of benzene rings is 1. The molecule has 0 radical (unpaired) electrons. The first-order valence-electron chi connectivity index (χ1n) is 6.94. The highest BCUT2D eigenvalue weighted by Crippen LogP contribution is 2.48. The predicted molar refractivity (Wildman–Crippen MR) is 78.5 cm³/mol. The molecule has 0 aliphatic heterocycles. The van der Waals surface area contributed by atoms with Crippen molar-refractivity contribution in [2.45, 2.75) is 31.6 Å². The molecule has 0 bridgehead atoms. The van der Waals surface area contributed by atoms with E-state index in [2.05, 4.69) is 17.6 Å². The Bertz CT molecular complexity index is 444. The van der Waals surface area contributed by atoms with E-state index in [0.29, 0.717) is 11.6 Å². The highest BCUT2D eigenvalue weighted by atomic mass is 35.5. The minimum absolute atomic E-state index is 0.132. The third-order valence-electron chi connectivity index (χ3n) is 3.58. The van der Waals surface area contributed by atoms with Crippen molar-refractivity contribution in [3.05, 3.63) is 34.9 Å². The number of carbonyl (C=O) groups is 1. The summed E-state index contributed by atoms with van der Waals surface area (Å²) in [4.78, 5) is 12.3. The van der Waals surface area contributed by atoms with Crippen LogP contribution in [-0.2, 0) is 10.2 Å². The van der Waals surface area contributed by atoms with Gasteiger partial charge >= 0.3 is 0 Å². The zero-order chi connectivity index (χ0) is 13.7. The molecular formula is C15H21ClN2O. The Morgan fingerprint density at radius 3 is 2.74 bits per heavy atom. The van der Waals surface area contributed by atoms with Crippen molar-refractivity contribution in [1.29, 1.82) is 0 Å². The fourth-order valence-corrected chi connectivity index (χ4v) is 2.48. The Labute approximate surface area is 119 Å².